The van der Waals surface area contributed by atoms with Crippen LogP contribution in [0.3, 0.4) is 0 Å². The molecule has 2 aromatic rings. The highest BCUT2D eigenvalue weighted by molar-refractivity contribution is 9.10. The van der Waals surface area contributed by atoms with Gasteiger partial charge in [0.25, 0.3) is 0 Å². The van der Waals surface area contributed by atoms with Crippen molar-refractivity contribution < 1.29 is 4.74 Å². The average Bonchev–Trinajstić information content (AvgIpc) is 2.36. The lowest BCUT2D eigenvalue weighted by Crippen LogP contribution is -2.17. The van der Waals surface area contributed by atoms with E-state index in [0.717, 1.165) is 10.0 Å². The second-order valence-corrected chi connectivity index (χ2v) is 6.85. The zero-order valence-electron chi connectivity index (χ0n) is 11.9. The van der Waals surface area contributed by atoms with Gasteiger partial charge in [-0.2, -0.15) is 4.98 Å². The van der Waals surface area contributed by atoms with Gasteiger partial charge in [0.15, 0.2) is 0 Å². The maximum atomic E-state index is 6.18. The predicted molar refractivity (Wildman–Crippen MR) is 84.7 cm³/mol. The summed E-state index contributed by atoms with van der Waals surface area (Å²) in [4.78, 5) is 8.82. The summed E-state index contributed by atoms with van der Waals surface area (Å²) in [6, 6.07) is 7.57. The molecule has 0 aliphatic heterocycles. The van der Waals surface area contributed by atoms with Crippen LogP contribution < -0.4 is 4.74 Å². The van der Waals surface area contributed by atoms with Crippen LogP contribution in [0.1, 0.15) is 32.2 Å². The molecule has 20 heavy (non-hydrogen) atoms. The first kappa shape index (κ1) is 15.3. The van der Waals surface area contributed by atoms with E-state index in [9.17, 15) is 0 Å². The van der Waals surface area contributed by atoms with E-state index in [2.05, 4.69) is 25.9 Å². The fourth-order valence-corrected chi connectivity index (χ4v) is 1.94. The van der Waals surface area contributed by atoms with Crippen molar-refractivity contribution in [3.05, 3.63) is 45.3 Å². The van der Waals surface area contributed by atoms with Gasteiger partial charge in [0.05, 0.1) is 0 Å². The third-order valence-electron chi connectivity index (χ3n) is 2.74. The van der Waals surface area contributed by atoms with E-state index in [4.69, 9.17) is 16.3 Å². The smallest absolute Gasteiger partial charge is 0.227 e. The fourth-order valence-electron chi connectivity index (χ4n) is 1.52. The van der Waals surface area contributed by atoms with Crippen molar-refractivity contribution >= 4 is 27.5 Å². The highest BCUT2D eigenvalue weighted by atomic mass is 79.9. The number of hydrogen-bond acceptors (Lipinski definition) is 3. The summed E-state index contributed by atoms with van der Waals surface area (Å²) in [6.07, 6.45) is 0. The molecule has 1 heterocycles. The molecule has 0 aliphatic rings. The van der Waals surface area contributed by atoms with Crippen LogP contribution in [-0.4, -0.2) is 9.97 Å². The average molecular weight is 356 g/mol. The maximum absolute atomic E-state index is 6.18. The Morgan fingerprint density at radius 3 is 2.25 bits per heavy atom. The van der Waals surface area contributed by atoms with Crippen LogP contribution in [0, 0.1) is 6.92 Å². The quantitative estimate of drug-likeness (QED) is 0.686. The highest BCUT2D eigenvalue weighted by Crippen LogP contribution is 2.30. The van der Waals surface area contributed by atoms with E-state index in [1.54, 1.807) is 0 Å². The van der Waals surface area contributed by atoms with Crippen LogP contribution in [0.25, 0.3) is 0 Å². The van der Waals surface area contributed by atoms with E-state index < -0.39 is 0 Å². The standard InChI is InChI=1S/C15H16BrClN2O/c1-9-12(17)18-14(15(2,3)4)19-13(9)20-11-7-5-10(16)6-8-11/h5-8H,1-4H3. The van der Waals surface area contributed by atoms with Crippen LogP contribution in [0.4, 0.5) is 0 Å². The number of hydrogen-bond donors (Lipinski definition) is 0. The molecule has 0 aliphatic carbocycles. The second kappa shape index (κ2) is 5.70. The minimum absolute atomic E-state index is 0.185. The van der Waals surface area contributed by atoms with Crippen LogP contribution in [0.15, 0.2) is 28.7 Å². The lowest BCUT2D eigenvalue weighted by Gasteiger charge is -2.18. The summed E-state index contributed by atoms with van der Waals surface area (Å²) in [5, 5.41) is 0.428. The van der Waals surface area contributed by atoms with Crippen molar-refractivity contribution in [2.75, 3.05) is 0 Å². The van der Waals surface area contributed by atoms with Gasteiger partial charge in [-0.05, 0) is 31.2 Å². The van der Waals surface area contributed by atoms with Crippen LogP contribution in [0.5, 0.6) is 11.6 Å². The molecule has 0 atom stereocenters. The largest absolute Gasteiger partial charge is 0.439 e. The molecule has 0 saturated heterocycles. The number of aromatic nitrogens is 2. The Balaban J connectivity index is 2.40. The van der Waals surface area contributed by atoms with Gasteiger partial charge in [0.2, 0.25) is 5.88 Å². The molecule has 0 amide bonds. The summed E-state index contributed by atoms with van der Waals surface area (Å²) in [5.74, 6) is 1.88. The first-order valence-electron chi connectivity index (χ1n) is 6.25. The first-order valence-corrected chi connectivity index (χ1v) is 7.42. The van der Waals surface area contributed by atoms with Gasteiger partial charge in [-0.1, -0.05) is 48.3 Å². The van der Waals surface area contributed by atoms with Gasteiger partial charge in [-0.15, -0.1) is 0 Å². The molecule has 0 unspecified atom stereocenters. The molecule has 3 nitrogen and oxygen atoms in total. The Labute approximate surface area is 132 Å². The van der Waals surface area contributed by atoms with E-state index in [-0.39, 0.29) is 5.41 Å². The molecule has 0 radical (unpaired) electrons. The number of benzene rings is 1. The van der Waals surface area contributed by atoms with Crippen molar-refractivity contribution in [2.45, 2.75) is 33.1 Å². The molecule has 0 fully saturated rings. The molecule has 0 N–H and O–H groups in total. The third-order valence-corrected chi connectivity index (χ3v) is 3.64. The normalized spacial score (nSPS) is 11.5. The van der Waals surface area contributed by atoms with Gasteiger partial charge in [0.1, 0.15) is 16.7 Å². The maximum Gasteiger partial charge on any atom is 0.227 e. The van der Waals surface area contributed by atoms with E-state index in [0.29, 0.717) is 22.6 Å². The van der Waals surface area contributed by atoms with E-state index >= 15 is 0 Å². The summed E-state index contributed by atoms with van der Waals surface area (Å²) >= 11 is 9.57. The minimum atomic E-state index is -0.185. The second-order valence-electron chi connectivity index (χ2n) is 5.57. The first-order chi connectivity index (χ1) is 9.27. The topological polar surface area (TPSA) is 35.0 Å². The van der Waals surface area contributed by atoms with Crippen LogP contribution in [-0.2, 0) is 5.41 Å². The summed E-state index contributed by atoms with van der Waals surface area (Å²) in [6.45, 7) is 7.97. The van der Waals surface area contributed by atoms with Crippen LogP contribution in [0.2, 0.25) is 5.15 Å². The Kier molecular flexibility index (Phi) is 4.35. The predicted octanol–water partition coefficient (Wildman–Crippen LogP) is 5.29. The lowest BCUT2D eigenvalue weighted by atomic mass is 9.96. The van der Waals surface area contributed by atoms with Crippen molar-refractivity contribution in [1.82, 2.24) is 9.97 Å². The summed E-state index contributed by atoms with van der Waals surface area (Å²) in [7, 11) is 0. The molecular formula is C15H16BrClN2O. The summed E-state index contributed by atoms with van der Waals surface area (Å²) < 4.78 is 6.82. The van der Waals surface area contributed by atoms with Gasteiger partial charge in [-0.3, -0.25) is 0 Å². The molecule has 2 rings (SSSR count). The molecule has 1 aromatic carbocycles. The Bertz CT molecular complexity index is 621. The SMILES string of the molecule is Cc1c(Cl)nc(C(C)(C)C)nc1Oc1ccc(Br)cc1. The number of nitrogens with zero attached hydrogens (tertiary/aromatic N) is 2. The Morgan fingerprint density at radius 1 is 1.10 bits per heavy atom. The van der Waals surface area contributed by atoms with E-state index in [1.165, 1.54) is 0 Å². The molecule has 5 heteroatoms. The molecule has 106 valence electrons. The van der Waals surface area contributed by atoms with Crippen molar-refractivity contribution in [1.29, 1.82) is 0 Å². The van der Waals surface area contributed by atoms with Gasteiger partial charge < -0.3 is 4.74 Å². The van der Waals surface area contributed by atoms with Crippen molar-refractivity contribution in [2.24, 2.45) is 0 Å². The minimum Gasteiger partial charge on any atom is -0.439 e. The monoisotopic (exact) mass is 354 g/mol. The van der Waals surface area contributed by atoms with Crippen molar-refractivity contribution in [3.63, 3.8) is 0 Å². The zero-order chi connectivity index (χ0) is 14.9. The molecular weight excluding hydrogens is 340 g/mol. The molecule has 0 spiro atoms. The lowest BCUT2D eigenvalue weighted by molar-refractivity contribution is 0.441. The fraction of sp³-hybridized carbons (Fsp3) is 0.333. The third kappa shape index (κ3) is 3.49. The Hall–Kier alpha value is -1.13. The Morgan fingerprint density at radius 2 is 1.70 bits per heavy atom. The molecule has 0 saturated carbocycles. The molecule has 1 aromatic heterocycles. The number of halogens is 2. The van der Waals surface area contributed by atoms with E-state index in [1.807, 2.05) is 52.0 Å². The highest BCUT2D eigenvalue weighted by Gasteiger charge is 2.21. The van der Waals surface area contributed by atoms with Gasteiger partial charge in [-0.25, -0.2) is 4.98 Å². The van der Waals surface area contributed by atoms with Crippen LogP contribution >= 0.6 is 27.5 Å². The number of ether oxygens (including phenoxy) is 1. The van der Waals surface area contributed by atoms with Crippen molar-refractivity contribution in [3.8, 4) is 11.6 Å². The van der Waals surface area contributed by atoms with Gasteiger partial charge >= 0.3 is 0 Å². The number of rotatable bonds is 2. The van der Waals surface area contributed by atoms with Gasteiger partial charge in [0, 0.05) is 15.5 Å². The zero-order valence-corrected chi connectivity index (χ0v) is 14.2. The molecule has 0 bridgehead atoms. The summed E-state index contributed by atoms with van der Waals surface area (Å²) in [5.41, 5.74) is 0.553.